The lowest BCUT2D eigenvalue weighted by molar-refractivity contribution is 0.440. The van der Waals surface area contributed by atoms with Crippen molar-refractivity contribution in [3.63, 3.8) is 0 Å². The Balaban J connectivity index is 2.64. The Morgan fingerprint density at radius 2 is 1.03 bits per heavy atom. The van der Waals surface area contributed by atoms with Crippen LogP contribution in [-0.2, 0) is 21.7 Å². The van der Waals surface area contributed by atoms with Crippen LogP contribution in [0.3, 0.4) is 0 Å². The predicted molar refractivity (Wildman–Crippen MR) is 128 cm³/mol. The van der Waals surface area contributed by atoms with Crippen LogP contribution in [0.5, 0.6) is 11.5 Å². The van der Waals surface area contributed by atoms with Crippen molar-refractivity contribution in [2.75, 3.05) is 0 Å². The van der Waals surface area contributed by atoms with Crippen LogP contribution in [0, 0.1) is 0 Å². The quantitative estimate of drug-likeness (QED) is 0.495. The van der Waals surface area contributed by atoms with Crippen LogP contribution in [0.1, 0.15) is 105 Å². The molecule has 0 aliphatic heterocycles. The summed E-state index contributed by atoms with van der Waals surface area (Å²) >= 11 is 0. The molecule has 2 aromatic carbocycles. The van der Waals surface area contributed by atoms with E-state index in [0.29, 0.717) is 0 Å². The molecular weight excluding hydrogens is 352 g/mol. The third-order valence-corrected chi connectivity index (χ3v) is 5.42. The highest BCUT2D eigenvalue weighted by Gasteiger charge is 2.29. The molecule has 0 saturated carbocycles. The first kappa shape index (κ1) is 23.5. The highest BCUT2D eigenvalue weighted by molar-refractivity contribution is 5.51. The van der Waals surface area contributed by atoms with Crippen LogP contribution in [0.25, 0.3) is 0 Å². The zero-order valence-corrected chi connectivity index (χ0v) is 20.9. The van der Waals surface area contributed by atoms with E-state index in [2.05, 4.69) is 119 Å². The van der Waals surface area contributed by atoms with Crippen LogP contribution < -0.4 is 4.74 Å². The number of benzene rings is 2. The van der Waals surface area contributed by atoms with Crippen molar-refractivity contribution in [3.8, 4) is 11.5 Å². The van der Waals surface area contributed by atoms with Crippen molar-refractivity contribution in [2.45, 2.75) is 105 Å². The molecule has 2 aromatic rings. The van der Waals surface area contributed by atoms with E-state index in [1.54, 1.807) is 0 Å². The smallest absolute Gasteiger partial charge is 0.131 e. The maximum absolute atomic E-state index is 6.58. The van der Waals surface area contributed by atoms with E-state index in [9.17, 15) is 0 Å². The van der Waals surface area contributed by atoms with Crippen LogP contribution >= 0.6 is 0 Å². The van der Waals surface area contributed by atoms with Gasteiger partial charge < -0.3 is 4.74 Å². The Hall–Kier alpha value is -1.76. The Kier molecular flexibility index (Phi) is 6.07. The maximum Gasteiger partial charge on any atom is 0.131 e. The van der Waals surface area contributed by atoms with Crippen molar-refractivity contribution in [3.05, 3.63) is 58.7 Å². The van der Waals surface area contributed by atoms with E-state index in [4.69, 9.17) is 4.74 Å². The van der Waals surface area contributed by atoms with Crippen LogP contribution in [0.15, 0.2) is 36.4 Å². The highest BCUT2D eigenvalue weighted by atomic mass is 16.5. The fourth-order valence-electron chi connectivity index (χ4n) is 4.00. The van der Waals surface area contributed by atoms with Gasteiger partial charge in [0.2, 0.25) is 0 Å². The molecule has 1 heteroatoms. The summed E-state index contributed by atoms with van der Waals surface area (Å²) < 4.78 is 6.58. The fraction of sp³-hybridized carbons (Fsp3) is 0.571. The van der Waals surface area contributed by atoms with Crippen LogP contribution in [-0.4, -0.2) is 0 Å². The second-order valence-corrected chi connectivity index (χ2v) is 12.5. The van der Waals surface area contributed by atoms with Gasteiger partial charge >= 0.3 is 0 Å². The van der Waals surface area contributed by atoms with Gasteiger partial charge in [0.15, 0.2) is 0 Å². The van der Waals surface area contributed by atoms with E-state index in [1.165, 1.54) is 22.3 Å². The molecule has 0 bridgehead atoms. The molecule has 0 fully saturated rings. The van der Waals surface area contributed by atoms with Gasteiger partial charge in [0, 0.05) is 5.56 Å². The van der Waals surface area contributed by atoms with E-state index < -0.39 is 0 Å². The summed E-state index contributed by atoms with van der Waals surface area (Å²) in [4.78, 5) is 0. The lowest BCUT2D eigenvalue weighted by atomic mass is 9.74. The average molecular weight is 395 g/mol. The SMILES string of the molecule is CC(C)(C)c1ccc(Oc2cccc(C(C)(C)C)c2C(C)(C)C)cc1C(C)(C)C. The summed E-state index contributed by atoms with van der Waals surface area (Å²) in [5, 5.41) is 0. The van der Waals surface area contributed by atoms with E-state index in [1.807, 2.05) is 0 Å². The molecule has 0 aliphatic rings. The Bertz CT molecular complexity index is 859. The number of hydrogen-bond donors (Lipinski definition) is 0. The zero-order chi connectivity index (χ0) is 22.4. The van der Waals surface area contributed by atoms with Gasteiger partial charge in [-0.25, -0.2) is 0 Å². The third-order valence-electron chi connectivity index (χ3n) is 5.42. The minimum Gasteiger partial charge on any atom is -0.457 e. The molecule has 29 heavy (non-hydrogen) atoms. The molecule has 0 aliphatic carbocycles. The van der Waals surface area contributed by atoms with Gasteiger partial charge in [-0.3, -0.25) is 0 Å². The second-order valence-electron chi connectivity index (χ2n) is 12.5. The molecule has 0 spiro atoms. The number of ether oxygens (including phenoxy) is 1. The minimum absolute atomic E-state index is 0.00257. The van der Waals surface area contributed by atoms with E-state index >= 15 is 0 Å². The summed E-state index contributed by atoms with van der Waals surface area (Å²) in [6.45, 7) is 27.3. The van der Waals surface area contributed by atoms with E-state index in [0.717, 1.165) is 11.5 Å². The van der Waals surface area contributed by atoms with Crippen LogP contribution in [0.4, 0.5) is 0 Å². The predicted octanol–water partition coefficient (Wildman–Crippen LogP) is 8.67. The molecule has 0 radical (unpaired) electrons. The molecule has 0 N–H and O–H groups in total. The normalized spacial score (nSPS) is 13.5. The second kappa shape index (κ2) is 7.49. The fourth-order valence-corrected chi connectivity index (χ4v) is 4.00. The van der Waals surface area contributed by atoms with Gasteiger partial charge in [-0.2, -0.15) is 0 Å². The minimum atomic E-state index is -0.00257. The third kappa shape index (κ3) is 5.44. The average Bonchev–Trinajstić information content (AvgIpc) is 2.51. The summed E-state index contributed by atoms with van der Waals surface area (Å²) in [6.07, 6.45) is 0. The summed E-state index contributed by atoms with van der Waals surface area (Å²) in [6, 6.07) is 13.1. The molecule has 0 unspecified atom stereocenters. The standard InChI is InChI=1S/C28H42O/c1-25(2,3)20-17-16-19(18-22(20)27(7,8)9)29-23-15-13-14-21(26(4,5)6)24(23)28(10,11)12/h13-18H,1-12H3. The molecule has 0 atom stereocenters. The maximum atomic E-state index is 6.58. The molecule has 1 nitrogen and oxygen atoms in total. The van der Waals surface area contributed by atoms with Crippen molar-refractivity contribution < 1.29 is 4.74 Å². The summed E-state index contributed by atoms with van der Waals surface area (Å²) in [7, 11) is 0. The topological polar surface area (TPSA) is 9.23 Å². The number of hydrogen-bond acceptors (Lipinski definition) is 1. The van der Waals surface area contributed by atoms with Gasteiger partial charge in [-0.1, -0.05) is 101 Å². The Morgan fingerprint density at radius 1 is 0.517 bits per heavy atom. The van der Waals surface area contributed by atoms with Gasteiger partial charge in [-0.05, 0) is 56.5 Å². The van der Waals surface area contributed by atoms with Gasteiger partial charge in [0.25, 0.3) is 0 Å². The van der Waals surface area contributed by atoms with Gasteiger partial charge in [-0.15, -0.1) is 0 Å². The number of rotatable bonds is 2. The van der Waals surface area contributed by atoms with Gasteiger partial charge in [0.05, 0.1) is 0 Å². The molecule has 0 amide bonds. The Labute approximate surface area is 179 Å². The lowest BCUT2D eigenvalue weighted by Gasteiger charge is -2.32. The van der Waals surface area contributed by atoms with Crippen molar-refractivity contribution in [1.82, 2.24) is 0 Å². The van der Waals surface area contributed by atoms with Crippen LogP contribution in [0.2, 0.25) is 0 Å². The lowest BCUT2D eigenvalue weighted by Crippen LogP contribution is -2.23. The van der Waals surface area contributed by atoms with Gasteiger partial charge in [0.1, 0.15) is 11.5 Å². The van der Waals surface area contributed by atoms with Crippen molar-refractivity contribution in [1.29, 1.82) is 0 Å². The van der Waals surface area contributed by atoms with Crippen molar-refractivity contribution in [2.24, 2.45) is 0 Å². The largest absolute Gasteiger partial charge is 0.457 e. The first-order valence-electron chi connectivity index (χ1n) is 10.9. The summed E-state index contributed by atoms with van der Waals surface area (Å²) in [5.74, 6) is 1.88. The molecular formula is C28H42O. The molecule has 160 valence electrons. The molecule has 0 heterocycles. The first-order chi connectivity index (χ1) is 12.9. The van der Waals surface area contributed by atoms with Crippen molar-refractivity contribution >= 4 is 0 Å². The summed E-state index contributed by atoms with van der Waals surface area (Å²) in [5.41, 5.74) is 5.61. The highest BCUT2D eigenvalue weighted by Crippen LogP contribution is 2.42. The molecule has 2 rings (SSSR count). The van der Waals surface area contributed by atoms with E-state index in [-0.39, 0.29) is 21.7 Å². The first-order valence-corrected chi connectivity index (χ1v) is 10.9. The zero-order valence-electron chi connectivity index (χ0n) is 20.9. The molecule has 0 saturated heterocycles. The monoisotopic (exact) mass is 394 g/mol. The Morgan fingerprint density at radius 3 is 1.48 bits per heavy atom. The molecule has 0 aromatic heterocycles.